The number of fused-ring (bicyclic) bond motifs is 2. The number of benzene rings is 1. The number of nitrogens with zero attached hydrogens (tertiary/aromatic N) is 6. The SMILES string of the molecule is Cc1cc(N2C[C@H]3CC[C@@H](C2)[C@H]3Nc2nc(Oc3ccc(F)c(Cl)c3)n(C3CCC3)n2)ncn1. The van der Waals surface area contributed by atoms with Crippen molar-refractivity contribution in [1.82, 2.24) is 24.7 Å². The number of piperidine rings is 1. The first-order valence-corrected chi connectivity index (χ1v) is 12.3. The van der Waals surface area contributed by atoms with E-state index in [-0.39, 0.29) is 11.1 Å². The van der Waals surface area contributed by atoms with Gasteiger partial charge in [0.2, 0.25) is 5.95 Å². The Labute approximate surface area is 202 Å². The van der Waals surface area contributed by atoms with E-state index >= 15 is 0 Å². The highest BCUT2D eigenvalue weighted by Crippen LogP contribution is 2.41. The molecule has 3 atom stereocenters. The minimum absolute atomic E-state index is 0.0211. The molecular weight excluding hydrogens is 457 g/mol. The van der Waals surface area contributed by atoms with Gasteiger partial charge in [0.1, 0.15) is 23.7 Å². The number of halogens is 2. The third-order valence-corrected chi connectivity index (χ3v) is 7.65. The van der Waals surface area contributed by atoms with Crippen molar-refractivity contribution in [3.63, 3.8) is 0 Å². The zero-order valence-electron chi connectivity index (χ0n) is 19.0. The van der Waals surface area contributed by atoms with Crippen molar-refractivity contribution >= 4 is 23.4 Å². The van der Waals surface area contributed by atoms with Crippen molar-refractivity contribution < 1.29 is 9.13 Å². The van der Waals surface area contributed by atoms with Crippen LogP contribution in [0.15, 0.2) is 30.6 Å². The summed E-state index contributed by atoms with van der Waals surface area (Å²) in [5.41, 5.74) is 0.985. The molecule has 1 saturated heterocycles. The summed E-state index contributed by atoms with van der Waals surface area (Å²) in [6.45, 7) is 3.90. The molecular formula is C24H27ClFN7O. The van der Waals surface area contributed by atoms with Crippen LogP contribution in [0.4, 0.5) is 16.2 Å². The molecule has 10 heteroatoms. The van der Waals surface area contributed by atoms with Gasteiger partial charge in [0.15, 0.2) is 0 Å². The van der Waals surface area contributed by atoms with Crippen LogP contribution < -0.4 is 15.0 Å². The Hall–Kier alpha value is -2.94. The quantitative estimate of drug-likeness (QED) is 0.527. The Balaban J connectivity index is 1.20. The van der Waals surface area contributed by atoms with Crippen molar-refractivity contribution in [2.45, 2.75) is 51.1 Å². The molecule has 34 heavy (non-hydrogen) atoms. The fourth-order valence-corrected chi connectivity index (χ4v) is 5.53. The van der Waals surface area contributed by atoms with Crippen molar-refractivity contribution in [1.29, 1.82) is 0 Å². The molecule has 0 amide bonds. The van der Waals surface area contributed by atoms with Crippen molar-refractivity contribution in [2.24, 2.45) is 11.8 Å². The molecule has 8 nitrogen and oxygen atoms in total. The largest absolute Gasteiger partial charge is 0.424 e. The lowest BCUT2D eigenvalue weighted by Gasteiger charge is -2.38. The molecule has 2 aliphatic carbocycles. The highest BCUT2D eigenvalue weighted by Gasteiger charge is 2.43. The summed E-state index contributed by atoms with van der Waals surface area (Å²) in [6, 6.07) is 7.37. The van der Waals surface area contributed by atoms with E-state index in [2.05, 4.69) is 31.2 Å². The van der Waals surface area contributed by atoms with Gasteiger partial charge in [-0.1, -0.05) is 11.6 Å². The van der Waals surface area contributed by atoms with Gasteiger partial charge in [-0.25, -0.2) is 19.0 Å². The Morgan fingerprint density at radius 2 is 1.88 bits per heavy atom. The lowest BCUT2D eigenvalue weighted by molar-refractivity contribution is 0.258. The van der Waals surface area contributed by atoms with E-state index in [0.717, 1.165) is 37.4 Å². The average molecular weight is 484 g/mol. The van der Waals surface area contributed by atoms with Crippen molar-refractivity contribution in [2.75, 3.05) is 23.3 Å². The number of hydrogen-bond acceptors (Lipinski definition) is 7. The topological polar surface area (TPSA) is 81.0 Å². The van der Waals surface area contributed by atoms with Gasteiger partial charge in [0.25, 0.3) is 0 Å². The van der Waals surface area contributed by atoms with Gasteiger partial charge < -0.3 is 15.0 Å². The summed E-state index contributed by atoms with van der Waals surface area (Å²) in [4.78, 5) is 15.8. The maximum atomic E-state index is 13.6. The molecule has 3 aromatic rings. The summed E-state index contributed by atoms with van der Waals surface area (Å²) < 4.78 is 21.4. The van der Waals surface area contributed by atoms with E-state index in [4.69, 9.17) is 21.4 Å². The molecule has 3 heterocycles. The smallest absolute Gasteiger partial charge is 0.322 e. The highest BCUT2D eigenvalue weighted by molar-refractivity contribution is 6.30. The summed E-state index contributed by atoms with van der Waals surface area (Å²) in [5, 5.41) is 8.43. The molecule has 1 aliphatic heterocycles. The molecule has 6 rings (SSSR count). The maximum absolute atomic E-state index is 13.6. The van der Waals surface area contributed by atoms with Gasteiger partial charge in [0.05, 0.1) is 11.1 Å². The summed E-state index contributed by atoms with van der Waals surface area (Å²) in [7, 11) is 0. The first-order valence-electron chi connectivity index (χ1n) is 11.9. The van der Waals surface area contributed by atoms with E-state index in [1.165, 1.54) is 31.4 Å². The van der Waals surface area contributed by atoms with Crippen molar-refractivity contribution in [3.05, 3.63) is 47.1 Å². The number of hydrogen-bond donors (Lipinski definition) is 1. The van der Waals surface area contributed by atoms with Gasteiger partial charge in [0, 0.05) is 37.0 Å². The molecule has 0 unspecified atom stereocenters. The van der Waals surface area contributed by atoms with Crippen LogP contribution in [0.3, 0.4) is 0 Å². The predicted molar refractivity (Wildman–Crippen MR) is 127 cm³/mol. The van der Waals surface area contributed by atoms with E-state index < -0.39 is 5.82 Å². The highest BCUT2D eigenvalue weighted by atomic mass is 35.5. The third-order valence-electron chi connectivity index (χ3n) is 7.36. The Morgan fingerprint density at radius 1 is 1.09 bits per heavy atom. The van der Waals surface area contributed by atoms with Crippen LogP contribution in [0.25, 0.3) is 0 Å². The number of rotatable bonds is 6. The molecule has 1 N–H and O–H groups in total. The van der Waals surface area contributed by atoms with Gasteiger partial charge in [-0.05, 0) is 63.0 Å². The Morgan fingerprint density at radius 3 is 2.56 bits per heavy atom. The number of anilines is 2. The molecule has 0 radical (unpaired) electrons. The molecule has 3 aliphatic rings. The zero-order valence-corrected chi connectivity index (χ0v) is 19.7. The predicted octanol–water partition coefficient (Wildman–Crippen LogP) is 5.01. The van der Waals surface area contributed by atoms with E-state index in [0.29, 0.717) is 35.6 Å². The summed E-state index contributed by atoms with van der Waals surface area (Å²) in [6.07, 6.45) is 7.24. The van der Waals surface area contributed by atoms with Crippen molar-refractivity contribution in [3.8, 4) is 11.8 Å². The first-order chi connectivity index (χ1) is 16.5. The van der Waals surface area contributed by atoms with Crippen LogP contribution in [0.1, 0.15) is 43.8 Å². The molecule has 178 valence electrons. The van der Waals surface area contributed by atoms with Crippen LogP contribution in [0.5, 0.6) is 11.8 Å². The fraction of sp³-hybridized carbons (Fsp3) is 0.500. The van der Waals surface area contributed by atoms with Gasteiger partial charge in [-0.3, -0.25) is 0 Å². The van der Waals surface area contributed by atoms with Crippen LogP contribution in [-0.4, -0.2) is 43.9 Å². The second-order valence-corrected chi connectivity index (χ2v) is 10.0. The molecule has 2 aromatic heterocycles. The van der Waals surface area contributed by atoms with Crippen LogP contribution >= 0.6 is 11.6 Å². The first kappa shape index (κ1) is 21.6. The molecule has 2 bridgehead atoms. The van der Waals surface area contributed by atoms with Gasteiger partial charge in [-0.15, -0.1) is 5.10 Å². The van der Waals surface area contributed by atoms with Gasteiger partial charge >= 0.3 is 6.01 Å². The van der Waals surface area contributed by atoms with Crippen LogP contribution in [-0.2, 0) is 0 Å². The van der Waals surface area contributed by atoms with E-state index in [1.54, 1.807) is 12.4 Å². The second-order valence-electron chi connectivity index (χ2n) is 9.62. The summed E-state index contributed by atoms with van der Waals surface area (Å²) >= 11 is 5.94. The lowest BCUT2D eigenvalue weighted by atomic mass is 9.92. The fourth-order valence-electron chi connectivity index (χ4n) is 5.36. The average Bonchev–Trinajstić information content (AvgIpc) is 3.25. The zero-order chi connectivity index (χ0) is 23.2. The Bertz CT molecular complexity index is 1190. The number of ether oxygens (including phenoxy) is 1. The van der Waals surface area contributed by atoms with Crippen LogP contribution in [0.2, 0.25) is 5.02 Å². The normalized spacial score (nSPS) is 24.2. The standard InChI is InChI=1S/C24H27ClFN7O/c1-14-9-21(28-13-27-14)32-11-15-5-6-16(12-32)22(15)29-23-30-24(33(31-23)17-3-2-4-17)34-18-7-8-20(26)19(25)10-18/h7-10,13,15-17,22H,2-6,11-12H2,1H3,(H,29,31)/t15-,16+,22+. The molecule has 0 spiro atoms. The number of aryl methyl sites for hydroxylation is 1. The van der Waals surface area contributed by atoms with Crippen LogP contribution in [0, 0.1) is 24.6 Å². The van der Waals surface area contributed by atoms with E-state index in [9.17, 15) is 4.39 Å². The van der Waals surface area contributed by atoms with Gasteiger partial charge in [-0.2, -0.15) is 4.98 Å². The van der Waals surface area contributed by atoms with E-state index in [1.807, 2.05) is 11.6 Å². The minimum Gasteiger partial charge on any atom is -0.424 e. The summed E-state index contributed by atoms with van der Waals surface area (Å²) in [5.74, 6) is 2.54. The number of aromatic nitrogens is 5. The molecule has 3 fully saturated rings. The Kier molecular flexibility index (Phi) is 5.51. The second kappa shape index (κ2) is 8.69. The number of nitrogens with one attached hydrogen (secondary N) is 1. The lowest BCUT2D eigenvalue weighted by Crippen LogP contribution is -2.48. The molecule has 1 aromatic carbocycles. The monoisotopic (exact) mass is 483 g/mol. The molecule has 2 saturated carbocycles. The maximum Gasteiger partial charge on any atom is 0.322 e. The third kappa shape index (κ3) is 4.06. The minimum atomic E-state index is -0.476.